The summed E-state index contributed by atoms with van der Waals surface area (Å²) in [6.07, 6.45) is -3.15. The maximum absolute atomic E-state index is 13.3. The highest BCUT2D eigenvalue weighted by atomic mass is 32.2. The van der Waals surface area contributed by atoms with Gasteiger partial charge in [-0.25, -0.2) is 8.42 Å². The van der Waals surface area contributed by atoms with Gasteiger partial charge in [-0.1, -0.05) is 37.8 Å². The van der Waals surface area contributed by atoms with Crippen molar-refractivity contribution in [3.8, 4) is 11.1 Å². The molecule has 1 heterocycles. The van der Waals surface area contributed by atoms with Gasteiger partial charge < -0.3 is 10.7 Å². The monoisotopic (exact) mass is 434 g/mol. The molecule has 0 aliphatic heterocycles. The molecule has 0 amide bonds. The zero-order valence-electron chi connectivity index (χ0n) is 16.5. The first kappa shape index (κ1) is 21.7. The van der Waals surface area contributed by atoms with Gasteiger partial charge in [0.15, 0.2) is 9.84 Å². The molecule has 0 radical (unpaired) electrons. The maximum Gasteiger partial charge on any atom is 0.417 e. The van der Waals surface area contributed by atoms with Crippen LogP contribution in [-0.2, 0) is 9.84 Å². The Morgan fingerprint density at radius 1 is 1.23 bits per heavy atom. The second-order valence-electron chi connectivity index (χ2n) is 6.89. The van der Waals surface area contributed by atoms with E-state index in [1.54, 1.807) is 25.1 Å². The van der Waals surface area contributed by atoms with E-state index in [2.05, 4.69) is 11.6 Å². The van der Waals surface area contributed by atoms with Crippen molar-refractivity contribution in [2.75, 3.05) is 5.75 Å². The fourth-order valence-electron chi connectivity index (χ4n) is 3.32. The maximum atomic E-state index is 13.3. The highest BCUT2D eigenvalue weighted by Crippen LogP contribution is 2.30. The van der Waals surface area contributed by atoms with Crippen molar-refractivity contribution in [3.63, 3.8) is 0 Å². The fourth-order valence-corrected chi connectivity index (χ4v) is 4.25. The van der Waals surface area contributed by atoms with Crippen LogP contribution in [0.4, 0.5) is 13.2 Å². The van der Waals surface area contributed by atoms with Gasteiger partial charge in [-0.3, -0.25) is 0 Å². The van der Waals surface area contributed by atoms with Crippen LogP contribution in [0.3, 0.4) is 0 Å². The summed E-state index contributed by atoms with van der Waals surface area (Å²) in [5, 5.41) is 1.08. The molecule has 0 saturated heterocycles. The van der Waals surface area contributed by atoms with Crippen LogP contribution >= 0.6 is 0 Å². The molecule has 0 unspecified atom stereocenters. The molecular weight excluding hydrogens is 413 g/mol. The number of alkyl halides is 3. The quantitative estimate of drug-likeness (QED) is 0.660. The van der Waals surface area contributed by atoms with Gasteiger partial charge in [0.1, 0.15) is 0 Å². The van der Waals surface area contributed by atoms with E-state index in [9.17, 15) is 21.6 Å². The summed E-state index contributed by atoms with van der Waals surface area (Å²) < 4.78 is 64.5. The van der Waals surface area contributed by atoms with Crippen molar-refractivity contribution in [1.82, 2.24) is 4.98 Å². The zero-order valence-corrected chi connectivity index (χ0v) is 17.3. The molecule has 0 aliphatic carbocycles. The first-order valence-electron chi connectivity index (χ1n) is 9.14. The Balaban J connectivity index is 2.41. The van der Waals surface area contributed by atoms with E-state index in [4.69, 9.17) is 5.73 Å². The van der Waals surface area contributed by atoms with Crippen molar-refractivity contribution in [3.05, 3.63) is 64.3 Å². The Morgan fingerprint density at radius 2 is 1.93 bits per heavy atom. The van der Waals surface area contributed by atoms with Crippen LogP contribution in [0.25, 0.3) is 34.7 Å². The van der Waals surface area contributed by atoms with Gasteiger partial charge in [-0.05, 0) is 41.8 Å². The minimum atomic E-state index is -4.62. The summed E-state index contributed by atoms with van der Waals surface area (Å²) in [5.74, 6) is -0.0534. The van der Waals surface area contributed by atoms with E-state index in [0.29, 0.717) is 33.6 Å². The third kappa shape index (κ3) is 3.87. The number of hydrogen-bond donors (Lipinski definition) is 2. The summed E-state index contributed by atoms with van der Waals surface area (Å²) in [6, 6.07) is 9.96. The number of aromatic amines is 1. The van der Waals surface area contributed by atoms with Crippen LogP contribution in [0.15, 0.2) is 53.1 Å². The number of H-pyrrole nitrogens is 1. The largest absolute Gasteiger partial charge is 0.417 e. The lowest BCUT2D eigenvalue weighted by molar-refractivity contribution is -0.0867. The van der Waals surface area contributed by atoms with Crippen LogP contribution in [0.5, 0.6) is 0 Å². The van der Waals surface area contributed by atoms with Crippen molar-refractivity contribution in [2.45, 2.75) is 24.9 Å². The second-order valence-corrected chi connectivity index (χ2v) is 9.17. The molecule has 0 atom stereocenters. The molecule has 0 spiro atoms. The summed E-state index contributed by atoms with van der Waals surface area (Å²) >= 11 is 0. The molecule has 0 fully saturated rings. The Hall–Kier alpha value is -3.00. The topological polar surface area (TPSA) is 76.0 Å². The number of benzene rings is 2. The summed E-state index contributed by atoms with van der Waals surface area (Å²) in [7, 11) is -3.44. The lowest BCUT2D eigenvalue weighted by Crippen LogP contribution is -2.24. The third-order valence-corrected chi connectivity index (χ3v) is 6.71. The van der Waals surface area contributed by atoms with Gasteiger partial charge in [-0.2, -0.15) is 13.2 Å². The zero-order chi connectivity index (χ0) is 22.3. The summed E-state index contributed by atoms with van der Waals surface area (Å²) in [6.45, 7) is 7.24. The predicted molar refractivity (Wildman–Crippen MR) is 114 cm³/mol. The predicted octanol–water partition coefficient (Wildman–Crippen LogP) is 3.53. The number of fused-ring (bicyclic) bond motifs is 1. The number of aryl methyl sites for hydroxylation is 1. The second kappa shape index (κ2) is 7.68. The number of nitrogens with one attached hydrogen (secondary N) is 1. The Morgan fingerprint density at radius 3 is 2.53 bits per heavy atom. The van der Waals surface area contributed by atoms with E-state index < -0.39 is 21.6 Å². The van der Waals surface area contributed by atoms with Crippen LogP contribution in [0.1, 0.15) is 12.5 Å². The van der Waals surface area contributed by atoms with Crippen molar-refractivity contribution >= 4 is 33.4 Å². The number of sulfone groups is 1. The number of hydrogen-bond acceptors (Lipinski definition) is 3. The van der Waals surface area contributed by atoms with Crippen molar-refractivity contribution in [1.29, 1.82) is 0 Å². The number of halogens is 3. The van der Waals surface area contributed by atoms with Crippen LogP contribution in [0, 0.1) is 6.92 Å². The molecule has 0 bridgehead atoms. The molecule has 4 nitrogen and oxygen atoms in total. The minimum absolute atomic E-state index is 0.0534. The summed E-state index contributed by atoms with van der Waals surface area (Å²) in [4.78, 5) is 3.20. The van der Waals surface area contributed by atoms with Gasteiger partial charge in [-0.15, -0.1) is 0 Å². The van der Waals surface area contributed by atoms with Crippen molar-refractivity contribution < 1.29 is 21.6 Å². The molecule has 8 heteroatoms. The molecule has 0 saturated carbocycles. The van der Waals surface area contributed by atoms with Crippen molar-refractivity contribution in [2.24, 2.45) is 5.73 Å². The SMILES string of the molecule is C=c1[nH]c2c(C)ccc(-c3cccc(S(=O)(=O)CC)c3)c2/c1=C/C(=C\N)C(F)(F)F. The number of nitrogens with two attached hydrogens (primary N) is 1. The number of aromatic nitrogens is 1. The molecular formula is C22H21F3N2O2S. The third-order valence-electron chi connectivity index (χ3n) is 4.97. The van der Waals surface area contributed by atoms with E-state index in [1.165, 1.54) is 12.1 Å². The lowest BCUT2D eigenvalue weighted by atomic mass is 9.98. The number of allylic oxidation sites excluding steroid dienone is 1. The highest BCUT2D eigenvalue weighted by Gasteiger charge is 2.32. The van der Waals surface area contributed by atoms with Gasteiger partial charge in [0.25, 0.3) is 0 Å². The molecule has 3 rings (SSSR count). The Bertz CT molecular complexity index is 1370. The smallest absolute Gasteiger partial charge is 0.404 e. The lowest BCUT2D eigenvalue weighted by Gasteiger charge is -2.09. The highest BCUT2D eigenvalue weighted by molar-refractivity contribution is 7.91. The standard InChI is InChI=1S/C22H21F3N2O2S/c1-4-30(28,29)17-7-5-6-15(10-17)18-9-8-13(2)21-20(18)19(14(3)27-21)11-16(12-26)22(23,24)25/h5-12,27H,3-4,26H2,1-2H3/b16-12+,19-11+. The molecule has 2 aromatic carbocycles. The minimum Gasteiger partial charge on any atom is -0.404 e. The first-order chi connectivity index (χ1) is 14.0. The Labute approximate surface area is 172 Å². The van der Waals surface area contributed by atoms with E-state index in [-0.39, 0.29) is 15.9 Å². The van der Waals surface area contributed by atoms with Gasteiger partial charge in [0, 0.05) is 22.2 Å². The fraction of sp³-hybridized carbons (Fsp3) is 0.182. The molecule has 30 heavy (non-hydrogen) atoms. The van der Waals surface area contributed by atoms with E-state index in [0.717, 1.165) is 11.6 Å². The normalized spacial score (nSPS) is 13.9. The molecule has 3 N–H and O–H groups in total. The van der Waals surface area contributed by atoms with Crippen LogP contribution in [-0.4, -0.2) is 25.3 Å². The van der Waals surface area contributed by atoms with Gasteiger partial charge in [0.05, 0.1) is 21.7 Å². The first-order valence-corrected chi connectivity index (χ1v) is 10.8. The van der Waals surface area contributed by atoms with Gasteiger partial charge >= 0.3 is 6.18 Å². The van der Waals surface area contributed by atoms with Crippen LogP contribution < -0.4 is 16.3 Å². The van der Waals surface area contributed by atoms with E-state index >= 15 is 0 Å². The van der Waals surface area contributed by atoms with Crippen LogP contribution in [0.2, 0.25) is 0 Å². The van der Waals surface area contributed by atoms with Gasteiger partial charge in [0.2, 0.25) is 0 Å². The average Bonchev–Trinajstić information content (AvgIpc) is 3.02. The Kier molecular flexibility index (Phi) is 5.56. The molecule has 158 valence electrons. The number of rotatable bonds is 4. The summed E-state index contributed by atoms with van der Waals surface area (Å²) in [5.41, 5.74) is 6.85. The molecule has 0 aliphatic rings. The average molecular weight is 434 g/mol. The molecule has 1 aromatic heterocycles. The van der Waals surface area contributed by atoms with E-state index in [1.807, 2.05) is 13.0 Å². The molecule has 3 aromatic rings.